The predicted molar refractivity (Wildman–Crippen MR) is 204 cm³/mol. The maximum Gasteiger partial charge on any atom is 0.328 e. The second-order valence-corrected chi connectivity index (χ2v) is 12.6. The highest BCUT2D eigenvalue weighted by Crippen LogP contribution is 2.41. The van der Waals surface area contributed by atoms with E-state index in [9.17, 15) is 4.79 Å². The topological polar surface area (TPSA) is 65.6 Å². The molecule has 0 bridgehead atoms. The minimum absolute atomic E-state index is 0.0470. The Hall–Kier alpha value is -6.66. The quantitative estimate of drug-likeness (QED) is 0.187. The minimum atomic E-state index is -0.0470. The van der Waals surface area contributed by atoms with Gasteiger partial charge >= 0.3 is 5.69 Å². The summed E-state index contributed by atoms with van der Waals surface area (Å²) in [4.78, 5) is 28.1. The average molecular weight is 646 g/mol. The molecule has 50 heavy (non-hydrogen) atoms. The number of aryl methyl sites for hydroxylation is 2. The lowest BCUT2D eigenvalue weighted by Crippen LogP contribution is -2.19. The van der Waals surface area contributed by atoms with Crippen LogP contribution in [0, 0.1) is 0 Å². The van der Waals surface area contributed by atoms with Crippen molar-refractivity contribution in [3.8, 4) is 56.4 Å². The molecule has 6 heteroatoms. The van der Waals surface area contributed by atoms with E-state index in [4.69, 9.17) is 15.0 Å². The van der Waals surface area contributed by atoms with Gasteiger partial charge in [0.05, 0.1) is 11.0 Å². The van der Waals surface area contributed by atoms with E-state index in [-0.39, 0.29) is 5.69 Å². The SMILES string of the molecule is Cn1c(=O)n(C)c2c(-c3cc(-c4cc(-c5nc(-c6ccccc6)nc(-c6ccccc6)n5)cc5ccccc45)c4ccccc4c3)cccc21. The van der Waals surface area contributed by atoms with E-state index in [2.05, 4.69) is 78.9 Å². The van der Waals surface area contributed by atoms with Crippen molar-refractivity contribution >= 4 is 32.6 Å². The number of benzene rings is 7. The van der Waals surface area contributed by atoms with Crippen LogP contribution in [0.3, 0.4) is 0 Å². The number of nitrogens with zero attached hydrogens (tertiary/aromatic N) is 5. The van der Waals surface area contributed by atoms with Crippen molar-refractivity contribution in [1.29, 1.82) is 0 Å². The molecule has 9 aromatic rings. The number of para-hydroxylation sites is 1. The molecule has 0 unspecified atom stereocenters. The fraction of sp³-hybridized carbons (Fsp3) is 0.0455. The van der Waals surface area contributed by atoms with Crippen LogP contribution in [-0.4, -0.2) is 24.1 Å². The van der Waals surface area contributed by atoms with E-state index in [1.165, 1.54) is 0 Å². The fourth-order valence-corrected chi connectivity index (χ4v) is 7.10. The zero-order chi connectivity index (χ0) is 33.8. The second-order valence-electron chi connectivity index (χ2n) is 12.6. The summed E-state index contributed by atoms with van der Waals surface area (Å²) in [6, 6.07) is 52.1. The molecule has 0 saturated heterocycles. The maximum absolute atomic E-state index is 13.0. The van der Waals surface area contributed by atoms with E-state index in [1.807, 2.05) is 86.9 Å². The number of hydrogen-bond acceptors (Lipinski definition) is 4. The molecule has 0 saturated carbocycles. The standard InChI is InChI=1S/C44H31N5O/c1-48-39-23-13-22-36(40(39)49(2)44(48)50)32-24-30-18-9-11-20-34(30)37(26-32)38-27-33(25-31-19-10-12-21-35(31)38)43-46-41(28-14-5-3-6-15-28)45-42(47-43)29-16-7-4-8-17-29/h3-27H,1-2H3. The van der Waals surface area contributed by atoms with Crippen LogP contribution in [0.15, 0.2) is 156 Å². The molecule has 0 atom stereocenters. The van der Waals surface area contributed by atoms with Crippen molar-refractivity contribution in [2.75, 3.05) is 0 Å². The number of imidazole rings is 1. The summed E-state index contributed by atoms with van der Waals surface area (Å²) in [5.41, 5.74) is 8.73. The molecule has 0 aliphatic carbocycles. The van der Waals surface area contributed by atoms with Gasteiger partial charge in [-0.15, -0.1) is 0 Å². The first kappa shape index (κ1) is 29.5. The van der Waals surface area contributed by atoms with Crippen LogP contribution in [0.4, 0.5) is 0 Å². The number of fused-ring (bicyclic) bond motifs is 3. The van der Waals surface area contributed by atoms with Gasteiger partial charge in [-0.25, -0.2) is 19.7 Å². The smallest absolute Gasteiger partial charge is 0.295 e. The summed E-state index contributed by atoms with van der Waals surface area (Å²) >= 11 is 0. The molecule has 6 nitrogen and oxygen atoms in total. The van der Waals surface area contributed by atoms with Crippen molar-refractivity contribution in [3.63, 3.8) is 0 Å². The Morgan fingerprint density at radius 3 is 1.48 bits per heavy atom. The molecule has 2 aromatic heterocycles. The zero-order valence-electron chi connectivity index (χ0n) is 27.6. The van der Waals surface area contributed by atoms with Crippen LogP contribution in [-0.2, 0) is 14.1 Å². The van der Waals surface area contributed by atoms with E-state index in [0.717, 1.165) is 71.5 Å². The molecule has 7 aromatic carbocycles. The van der Waals surface area contributed by atoms with Gasteiger partial charge in [-0.1, -0.05) is 121 Å². The number of hydrogen-bond donors (Lipinski definition) is 0. The third-order valence-corrected chi connectivity index (χ3v) is 9.57. The Labute approximate surface area is 288 Å². The van der Waals surface area contributed by atoms with Gasteiger partial charge in [-0.2, -0.15) is 0 Å². The van der Waals surface area contributed by atoms with Crippen LogP contribution in [0.25, 0.3) is 89.0 Å². The van der Waals surface area contributed by atoms with Crippen molar-refractivity contribution in [3.05, 3.63) is 162 Å². The lowest BCUT2D eigenvalue weighted by atomic mass is 9.89. The maximum atomic E-state index is 13.0. The average Bonchev–Trinajstić information content (AvgIpc) is 3.41. The van der Waals surface area contributed by atoms with Gasteiger partial charge in [0, 0.05) is 36.3 Å². The fourth-order valence-electron chi connectivity index (χ4n) is 7.10. The monoisotopic (exact) mass is 645 g/mol. The highest BCUT2D eigenvalue weighted by Gasteiger charge is 2.19. The van der Waals surface area contributed by atoms with Crippen LogP contribution in [0.2, 0.25) is 0 Å². The summed E-state index contributed by atoms with van der Waals surface area (Å²) in [6.45, 7) is 0. The second kappa shape index (κ2) is 11.8. The Bertz CT molecular complexity index is 2740. The van der Waals surface area contributed by atoms with E-state index >= 15 is 0 Å². The molecule has 0 N–H and O–H groups in total. The first-order valence-corrected chi connectivity index (χ1v) is 16.6. The lowest BCUT2D eigenvalue weighted by Gasteiger charge is -2.16. The molecular weight excluding hydrogens is 615 g/mol. The third-order valence-electron chi connectivity index (χ3n) is 9.57. The van der Waals surface area contributed by atoms with Crippen LogP contribution < -0.4 is 5.69 Å². The first-order chi connectivity index (χ1) is 24.5. The van der Waals surface area contributed by atoms with Gasteiger partial charge < -0.3 is 0 Å². The van der Waals surface area contributed by atoms with Crippen LogP contribution in [0.1, 0.15) is 0 Å². The number of aromatic nitrogens is 5. The summed E-state index contributed by atoms with van der Waals surface area (Å²) in [5, 5.41) is 4.47. The highest BCUT2D eigenvalue weighted by atomic mass is 16.1. The Morgan fingerprint density at radius 1 is 0.420 bits per heavy atom. The summed E-state index contributed by atoms with van der Waals surface area (Å²) < 4.78 is 3.45. The van der Waals surface area contributed by atoms with E-state index in [1.54, 1.807) is 9.13 Å². The zero-order valence-corrected chi connectivity index (χ0v) is 27.6. The molecule has 0 aliphatic heterocycles. The minimum Gasteiger partial charge on any atom is -0.295 e. The molecule has 238 valence electrons. The Morgan fingerprint density at radius 2 is 0.900 bits per heavy atom. The van der Waals surface area contributed by atoms with Crippen molar-refractivity contribution in [1.82, 2.24) is 24.1 Å². The van der Waals surface area contributed by atoms with E-state index < -0.39 is 0 Å². The van der Waals surface area contributed by atoms with Gasteiger partial charge in [-0.3, -0.25) is 9.13 Å². The first-order valence-electron chi connectivity index (χ1n) is 16.6. The highest BCUT2D eigenvalue weighted by molar-refractivity contribution is 6.09. The van der Waals surface area contributed by atoms with E-state index in [0.29, 0.717) is 17.5 Å². The molecule has 0 amide bonds. The molecule has 0 radical (unpaired) electrons. The van der Waals surface area contributed by atoms with Gasteiger partial charge in [0.2, 0.25) is 0 Å². The molecule has 0 spiro atoms. The van der Waals surface area contributed by atoms with Gasteiger partial charge in [0.25, 0.3) is 0 Å². The molecule has 0 fully saturated rings. The molecule has 0 aliphatic rings. The Balaban J connectivity index is 1.32. The van der Waals surface area contributed by atoms with Crippen LogP contribution >= 0.6 is 0 Å². The largest absolute Gasteiger partial charge is 0.328 e. The van der Waals surface area contributed by atoms with Crippen molar-refractivity contribution in [2.24, 2.45) is 14.1 Å². The van der Waals surface area contributed by atoms with Crippen molar-refractivity contribution in [2.45, 2.75) is 0 Å². The van der Waals surface area contributed by atoms with Gasteiger partial charge in [-0.05, 0) is 68.6 Å². The summed E-state index contributed by atoms with van der Waals surface area (Å²) in [6.07, 6.45) is 0. The summed E-state index contributed by atoms with van der Waals surface area (Å²) in [7, 11) is 3.67. The third kappa shape index (κ3) is 4.89. The molecule has 2 heterocycles. The molecule has 9 rings (SSSR count). The Kier molecular flexibility index (Phi) is 6.95. The summed E-state index contributed by atoms with van der Waals surface area (Å²) in [5.74, 6) is 1.85. The lowest BCUT2D eigenvalue weighted by molar-refractivity contribution is 0.795. The predicted octanol–water partition coefficient (Wildman–Crippen LogP) is 9.70. The number of rotatable bonds is 5. The van der Waals surface area contributed by atoms with Crippen molar-refractivity contribution < 1.29 is 0 Å². The van der Waals surface area contributed by atoms with Gasteiger partial charge in [0.1, 0.15) is 0 Å². The van der Waals surface area contributed by atoms with Gasteiger partial charge in [0.15, 0.2) is 17.5 Å². The normalized spacial score (nSPS) is 11.5. The van der Waals surface area contributed by atoms with Crippen LogP contribution in [0.5, 0.6) is 0 Å². The molecular formula is C44H31N5O.